The first-order chi connectivity index (χ1) is 38.9. The molecule has 1 aromatic heterocycles. The van der Waals surface area contributed by atoms with E-state index in [1.54, 1.807) is 140 Å². The minimum absolute atomic E-state index is 0.00372. The monoisotopic (exact) mass is 1090 g/mol. The predicted octanol–water partition coefficient (Wildman–Crippen LogP) is 6.65. The lowest BCUT2D eigenvalue weighted by atomic mass is 9.97. The van der Waals surface area contributed by atoms with Crippen molar-refractivity contribution in [3.63, 3.8) is 0 Å². The Morgan fingerprint density at radius 1 is 0.438 bits per heavy atom. The van der Waals surface area contributed by atoms with Crippen molar-refractivity contribution < 1.29 is 89.9 Å². The smallest absolute Gasteiger partial charge is 0.348 e. The zero-order chi connectivity index (χ0) is 56.0. The van der Waals surface area contributed by atoms with E-state index in [-0.39, 0.29) is 39.9 Å². The van der Waals surface area contributed by atoms with Crippen LogP contribution in [0.25, 0.3) is 0 Å². The van der Waals surface area contributed by atoms with E-state index in [0.29, 0.717) is 0 Å². The highest BCUT2D eigenvalue weighted by Gasteiger charge is 2.56. The van der Waals surface area contributed by atoms with Gasteiger partial charge in [0.25, 0.3) is 0 Å². The molecule has 410 valence electrons. The normalized spacial score (nSPS) is 22.3. The van der Waals surface area contributed by atoms with Crippen LogP contribution < -0.4 is 4.57 Å². The molecule has 0 aliphatic carbocycles. The summed E-state index contributed by atoms with van der Waals surface area (Å²) in [6.45, 7) is -1.87. The van der Waals surface area contributed by atoms with Gasteiger partial charge in [-0.1, -0.05) is 109 Å². The number of aromatic nitrogens is 2. The van der Waals surface area contributed by atoms with Crippen LogP contribution in [0.4, 0.5) is 4.39 Å². The summed E-state index contributed by atoms with van der Waals surface area (Å²) in [6, 6.07) is 45.8. The number of hydrogen-bond acceptors (Lipinski definition) is 17. The van der Waals surface area contributed by atoms with E-state index in [9.17, 15) is 33.6 Å². The number of rotatable bonds is 19. The molecule has 0 radical (unpaired) electrons. The van der Waals surface area contributed by atoms with Crippen molar-refractivity contribution >= 4 is 41.8 Å². The number of benzene rings is 6. The predicted molar refractivity (Wildman–Crippen MR) is 275 cm³/mol. The molecule has 2 fully saturated rings. The van der Waals surface area contributed by atoms with Gasteiger partial charge in [-0.2, -0.15) is 0 Å². The van der Waals surface area contributed by atoms with Crippen molar-refractivity contribution in [2.45, 2.75) is 68.0 Å². The lowest BCUT2D eigenvalue weighted by Gasteiger charge is -2.45. The number of aryl methyl sites for hydroxylation is 1. The van der Waals surface area contributed by atoms with Crippen LogP contribution in [0.1, 0.15) is 62.1 Å². The summed E-state index contributed by atoms with van der Waals surface area (Å²) in [7, 11) is 1.75. The summed E-state index contributed by atoms with van der Waals surface area (Å²) in [4.78, 5) is 97.9. The molecule has 0 saturated carbocycles. The van der Waals surface area contributed by atoms with Crippen LogP contribution >= 0.6 is 0 Å². The second kappa shape index (κ2) is 26.3. The summed E-state index contributed by atoms with van der Waals surface area (Å²) in [5.74, 6) is -6.81. The Hall–Kier alpha value is -9.37. The second-order valence-electron chi connectivity index (χ2n) is 18.3. The van der Waals surface area contributed by atoms with Gasteiger partial charge in [0.1, 0.15) is 31.2 Å². The number of imidazole rings is 1. The van der Waals surface area contributed by atoms with Crippen molar-refractivity contribution in [1.82, 2.24) is 4.57 Å². The molecule has 0 spiro atoms. The Bertz CT molecular complexity index is 3230. The van der Waals surface area contributed by atoms with Gasteiger partial charge in [-0.3, -0.25) is 0 Å². The van der Waals surface area contributed by atoms with Crippen LogP contribution in [0, 0.1) is 0 Å². The summed E-state index contributed by atoms with van der Waals surface area (Å²) >= 11 is 0. The maximum absolute atomic E-state index is 17.0. The lowest BCUT2D eigenvalue weighted by Crippen LogP contribution is -2.64. The van der Waals surface area contributed by atoms with Gasteiger partial charge < -0.3 is 47.4 Å². The fourth-order valence-electron chi connectivity index (χ4n) is 8.70. The van der Waals surface area contributed by atoms with Crippen LogP contribution in [0.2, 0.25) is 0 Å². The number of carbonyl (C=O) groups excluding carboxylic acids is 7. The van der Waals surface area contributed by atoms with Crippen molar-refractivity contribution in [3.05, 3.63) is 234 Å². The van der Waals surface area contributed by atoms with Gasteiger partial charge in [0, 0.05) is 0 Å². The molecule has 19 nitrogen and oxygen atoms in total. The van der Waals surface area contributed by atoms with Gasteiger partial charge in [0.05, 0.1) is 47.0 Å². The van der Waals surface area contributed by atoms with E-state index < -0.39 is 116 Å². The van der Waals surface area contributed by atoms with Crippen molar-refractivity contribution in [3.8, 4) is 0 Å². The molecule has 10 atom stereocenters. The first kappa shape index (κ1) is 55.4. The Kier molecular flexibility index (Phi) is 18.2. The average Bonchev–Trinajstić information content (AvgIpc) is 3.91. The third kappa shape index (κ3) is 14.0. The number of nitrogens with zero attached hydrogens (tertiary/aromatic N) is 2. The highest BCUT2D eigenvalue weighted by Crippen LogP contribution is 2.35. The molecular weight excluding hydrogens is 1040 g/mol. The van der Waals surface area contributed by atoms with Crippen molar-refractivity contribution in [2.24, 2.45) is 7.05 Å². The second-order valence-corrected chi connectivity index (χ2v) is 18.3. The van der Waals surface area contributed by atoms with Crippen LogP contribution in [0.3, 0.4) is 0 Å². The first-order valence-electron chi connectivity index (χ1n) is 25.2. The fraction of sp³-hybridized carbons (Fsp3) is 0.233. The molecule has 0 unspecified atom stereocenters. The van der Waals surface area contributed by atoms with E-state index in [2.05, 4.69) is 0 Å². The van der Waals surface area contributed by atoms with Gasteiger partial charge in [0.15, 0.2) is 49.5 Å². The van der Waals surface area contributed by atoms with Gasteiger partial charge in [0.2, 0.25) is 12.7 Å². The summed E-state index contributed by atoms with van der Waals surface area (Å²) in [6.07, 6.45) is -14.4. The van der Waals surface area contributed by atoms with E-state index in [4.69, 9.17) is 47.4 Å². The largest absolute Gasteiger partial charge is 0.460 e. The molecule has 0 amide bonds. The maximum Gasteiger partial charge on any atom is 0.348 e. The third-order valence-corrected chi connectivity index (χ3v) is 12.7. The molecule has 0 bridgehead atoms. The number of alkyl halides is 1. The molecule has 80 heavy (non-hydrogen) atoms. The quantitative estimate of drug-likeness (QED) is 0.0470. The summed E-state index contributed by atoms with van der Waals surface area (Å²) in [5, 5.41) is 0. The zero-order valence-corrected chi connectivity index (χ0v) is 42.7. The Labute approximate surface area is 457 Å². The zero-order valence-electron chi connectivity index (χ0n) is 42.7. The van der Waals surface area contributed by atoms with Gasteiger partial charge >= 0.3 is 41.8 Å². The Morgan fingerprint density at radius 2 is 0.762 bits per heavy atom. The molecule has 9 rings (SSSR count). The lowest BCUT2D eigenvalue weighted by molar-refractivity contribution is -0.671. The van der Waals surface area contributed by atoms with Crippen molar-refractivity contribution in [1.29, 1.82) is 0 Å². The number of carbonyl (C=O) groups is 7. The third-order valence-electron chi connectivity index (χ3n) is 12.7. The van der Waals surface area contributed by atoms with E-state index in [1.165, 1.54) is 77.4 Å². The molecule has 2 aliphatic heterocycles. The van der Waals surface area contributed by atoms with Gasteiger partial charge in [-0.25, -0.2) is 47.1 Å². The first-order valence-corrected chi connectivity index (χ1v) is 25.2. The van der Waals surface area contributed by atoms with E-state index in [1.807, 2.05) is 0 Å². The van der Waals surface area contributed by atoms with Crippen LogP contribution in [0.5, 0.6) is 0 Å². The summed E-state index contributed by atoms with van der Waals surface area (Å²) in [5.41, 5.74) is 0.0771. The Morgan fingerprint density at radius 3 is 1.12 bits per heavy atom. The maximum atomic E-state index is 17.0. The summed E-state index contributed by atoms with van der Waals surface area (Å²) < 4.78 is 81.1. The number of esters is 7. The number of ether oxygens (including phenoxy) is 10. The molecule has 20 heteroatoms. The molecule has 7 aromatic rings. The highest BCUT2D eigenvalue weighted by atomic mass is 19.1. The molecule has 3 heterocycles. The SMILES string of the molecule is C[n+]1ccn(CC(=O)OC[C@H]2O[C@H](OC[C@H]3O[C@H](F)[C@@H](OC(=O)c4ccccc4)[C@@H](OC(=O)c4ccccc4)[C@@H]3OC(=O)c3ccccc3)[C@@H](OC(=O)c3ccccc3)[C@@H](OC(=O)c3ccccc3)[C@@H]2OC(=O)c2ccccc2)c1. The minimum atomic E-state index is -2.62. The van der Waals surface area contributed by atoms with Crippen molar-refractivity contribution in [2.75, 3.05) is 13.2 Å². The molecule has 2 aliphatic rings. The van der Waals surface area contributed by atoms with Crippen LogP contribution in [-0.2, 0) is 65.8 Å². The molecule has 2 saturated heterocycles. The molecule has 6 aromatic carbocycles. The standard InChI is InChI=1S/C60H52FN2O17/c1-62-32-33-63(37-62)34-46(64)71-35-45-48(76-55(66)39-22-10-3-11-23-39)50(78-57(68)41-26-14-5-15-27-41)52(80-59(70)43-30-18-7-19-31-43)60(74-45)72-36-44-47(75-54(65)38-20-8-2-9-21-38)49(77-56(67)40-24-12-4-13-25-40)51(53(61)73-44)79-58(69)42-28-16-6-17-29-42/h2-33,37,44-45,47-53,60H,34-36H2,1H3/q+1/t44-,45-,47-,48-,49+,50+,51+,52+,53+,60+/m1/s1. The van der Waals surface area contributed by atoms with Crippen LogP contribution in [-0.4, -0.2) is 121 Å². The van der Waals surface area contributed by atoms with E-state index in [0.717, 1.165) is 0 Å². The average molecular weight is 1090 g/mol. The number of halogens is 1. The van der Waals surface area contributed by atoms with Crippen LogP contribution in [0.15, 0.2) is 201 Å². The Balaban J connectivity index is 1.11. The highest BCUT2D eigenvalue weighted by molar-refractivity contribution is 5.93. The van der Waals surface area contributed by atoms with Gasteiger partial charge in [-0.05, 0) is 72.8 Å². The topological polar surface area (TPSA) is 221 Å². The number of hydrogen-bond donors (Lipinski definition) is 0. The molecule has 0 N–H and O–H groups in total. The van der Waals surface area contributed by atoms with Gasteiger partial charge in [-0.15, -0.1) is 0 Å². The fourth-order valence-corrected chi connectivity index (χ4v) is 8.70. The van der Waals surface area contributed by atoms with E-state index >= 15 is 4.39 Å². The molecular formula is C60H52FN2O17+. The minimum Gasteiger partial charge on any atom is -0.460 e.